The van der Waals surface area contributed by atoms with Crippen molar-refractivity contribution < 1.29 is 9.18 Å². The van der Waals surface area contributed by atoms with Crippen LogP contribution >= 0.6 is 0 Å². The average molecular weight is 333 g/mol. The SMILES string of the molecule is O=C(CN1CCCC1CN1CCCCC1)NCc1ccccc1F. The largest absolute Gasteiger partial charge is 0.351 e. The predicted octanol–water partition coefficient (Wildman–Crippen LogP) is 2.39. The van der Waals surface area contributed by atoms with Crippen LogP contribution < -0.4 is 5.32 Å². The van der Waals surface area contributed by atoms with Crippen LogP contribution in [0.25, 0.3) is 0 Å². The zero-order valence-corrected chi connectivity index (χ0v) is 14.3. The van der Waals surface area contributed by atoms with Crippen molar-refractivity contribution in [3.63, 3.8) is 0 Å². The second-order valence-corrected chi connectivity index (χ2v) is 7.00. The Morgan fingerprint density at radius 3 is 2.71 bits per heavy atom. The number of halogens is 1. The lowest BCUT2D eigenvalue weighted by Crippen LogP contribution is -2.45. The highest BCUT2D eigenvalue weighted by Gasteiger charge is 2.28. The van der Waals surface area contributed by atoms with Crippen molar-refractivity contribution in [1.82, 2.24) is 15.1 Å². The second kappa shape index (κ2) is 8.58. The zero-order chi connectivity index (χ0) is 16.8. The fraction of sp³-hybridized carbons (Fsp3) is 0.632. The Morgan fingerprint density at radius 2 is 1.92 bits per heavy atom. The number of carbonyl (C=O) groups excluding carboxylic acids is 1. The summed E-state index contributed by atoms with van der Waals surface area (Å²) < 4.78 is 13.6. The number of nitrogens with one attached hydrogen (secondary N) is 1. The number of amides is 1. The summed E-state index contributed by atoms with van der Waals surface area (Å²) in [6, 6.07) is 7.08. The minimum atomic E-state index is -0.262. The fourth-order valence-electron chi connectivity index (χ4n) is 3.83. The van der Waals surface area contributed by atoms with E-state index in [0.29, 0.717) is 18.2 Å². The monoisotopic (exact) mass is 333 g/mol. The molecule has 3 rings (SSSR count). The van der Waals surface area contributed by atoms with Gasteiger partial charge in [-0.3, -0.25) is 9.69 Å². The van der Waals surface area contributed by atoms with Crippen molar-refractivity contribution in [3.05, 3.63) is 35.6 Å². The van der Waals surface area contributed by atoms with E-state index in [9.17, 15) is 9.18 Å². The summed E-state index contributed by atoms with van der Waals surface area (Å²) in [4.78, 5) is 17.1. The molecule has 0 aliphatic carbocycles. The highest BCUT2D eigenvalue weighted by molar-refractivity contribution is 5.78. The Labute approximate surface area is 144 Å². The molecule has 2 heterocycles. The molecule has 1 aromatic rings. The van der Waals surface area contributed by atoms with Crippen LogP contribution in [0.4, 0.5) is 4.39 Å². The van der Waals surface area contributed by atoms with E-state index in [1.165, 1.54) is 51.3 Å². The molecule has 0 spiro atoms. The van der Waals surface area contributed by atoms with E-state index in [-0.39, 0.29) is 18.3 Å². The van der Waals surface area contributed by atoms with E-state index < -0.39 is 0 Å². The van der Waals surface area contributed by atoms with Crippen molar-refractivity contribution in [2.24, 2.45) is 0 Å². The topological polar surface area (TPSA) is 35.6 Å². The van der Waals surface area contributed by atoms with Crippen LogP contribution in [0.15, 0.2) is 24.3 Å². The second-order valence-electron chi connectivity index (χ2n) is 7.00. The van der Waals surface area contributed by atoms with Crippen LogP contribution in [-0.4, -0.2) is 54.5 Å². The van der Waals surface area contributed by atoms with Gasteiger partial charge >= 0.3 is 0 Å². The van der Waals surface area contributed by atoms with E-state index in [0.717, 1.165) is 13.1 Å². The van der Waals surface area contributed by atoms with Crippen molar-refractivity contribution in [2.75, 3.05) is 32.7 Å². The molecule has 0 saturated carbocycles. The number of nitrogens with zero attached hydrogens (tertiary/aromatic N) is 2. The van der Waals surface area contributed by atoms with Crippen LogP contribution in [0, 0.1) is 5.82 Å². The lowest BCUT2D eigenvalue weighted by atomic mass is 10.1. The molecule has 2 fully saturated rings. The lowest BCUT2D eigenvalue weighted by molar-refractivity contribution is -0.122. The first-order valence-electron chi connectivity index (χ1n) is 9.19. The van der Waals surface area contributed by atoms with Gasteiger partial charge in [-0.25, -0.2) is 4.39 Å². The van der Waals surface area contributed by atoms with Crippen LogP contribution in [0.2, 0.25) is 0 Å². The molecule has 24 heavy (non-hydrogen) atoms. The van der Waals surface area contributed by atoms with Gasteiger partial charge in [0.15, 0.2) is 0 Å². The van der Waals surface area contributed by atoms with Crippen molar-refractivity contribution in [1.29, 1.82) is 0 Å². The van der Waals surface area contributed by atoms with Crippen molar-refractivity contribution >= 4 is 5.91 Å². The number of rotatable bonds is 6. The first-order chi connectivity index (χ1) is 11.7. The molecule has 2 aliphatic heterocycles. The molecule has 2 aliphatic rings. The van der Waals surface area contributed by atoms with Gasteiger partial charge in [0.2, 0.25) is 5.91 Å². The minimum absolute atomic E-state index is 0.0104. The summed E-state index contributed by atoms with van der Waals surface area (Å²) in [6.45, 7) is 5.16. The standard InChI is InChI=1S/C19H28FN3O/c20-18-9-3-2-7-16(18)13-21-19(24)15-23-12-6-8-17(23)14-22-10-4-1-5-11-22/h2-3,7,9,17H,1,4-6,8,10-15H2,(H,21,24). The third-order valence-electron chi connectivity index (χ3n) is 5.20. The first-order valence-corrected chi connectivity index (χ1v) is 9.19. The van der Waals surface area contributed by atoms with Gasteiger partial charge in [0.1, 0.15) is 5.82 Å². The summed E-state index contributed by atoms with van der Waals surface area (Å²) in [7, 11) is 0. The number of hydrogen-bond acceptors (Lipinski definition) is 3. The molecule has 1 unspecified atom stereocenters. The van der Waals surface area contributed by atoms with Crippen LogP contribution in [0.5, 0.6) is 0 Å². The van der Waals surface area contributed by atoms with E-state index in [4.69, 9.17) is 0 Å². The molecule has 1 atom stereocenters. The molecule has 0 radical (unpaired) electrons. The van der Waals surface area contributed by atoms with E-state index in [1.54, 1.807) is 18.2 Å². The lowest BCUT2D eigenvalue weighted by Gasteiger charge is -2.32. The summed E-state index contributed by atoms with van der Waals surface area (Å²) in [5, 5.41) is 2.86. The summed E-state index contributed by atoms with van der Waals surface area (Å²) in [5.41, 5.74) is 0.539. The highest BCUT2D eigenvalue weighted by atomic mass is 19.1. The minimum Gasteiger partial charge on any atom is -0.351 e. The van der Waals surface area contributed by atoms with Gasteiger partial charge in [-0.1, -0.05) is 24.6 Å². The molecular weight excluding hydrogens is 305 g/mol. The summed E-state index contributed by atoms with van der Waals surface area (Å²) >= 11 is 0. The molecule has 1 amide bonds. The van der Waals surface area contributed by atoms with Crippen molar-refractivity contribution in [2.45, 2.75) is 44.7 Å². The number of piperidine rings is 1. The molecule has 1 aromatic carbocycles. The molecule has 0 aromatic heterocycles. The van der Waals surface area contributed by atoms with Gasteiger partial charge < -0.3 is 10.2 Å². The Kier molecular flexibility index (Phi) is 6.21. The third-order valence-corrected chi connectivity index (χ3v) is 5.20. The maximum Gasteiger partial charge on any atom is 0.234 e. The van der Waals surface area contributed by atoms with E-state index in [2.05, 4.69) is 15.1 Å². The number of likely N-dealkylation sites (tertiary alicyclic amines) is 2. The van der Waals surface area contributed by atoms with E-state index in [1.807, 2.05) is 0 Å². The molecule has 2 saturated heterocycles. The molecule has 0 bridgehead atoms. The number of benzene rings is 1. The Morgan fingerprint density at radius 1 is 1.12 bits per heavy atom. The van der Waals surface area contributed by atoms with Gasteiger partial charge in [0, 0.05) is 24.7 Å². The summed E-state index contributed by atoms with van der Waals surface area (Å²) in [5.74, 6) is -0.272. The predicted molar refractivity (Wildman–Crippen MR) is 93.1 cm³/mol. The highest BCUT2D eigenvalue weighted by Crippen LogP contribution is 2.19. The fourth-order valence-corrected chi connectivity index (χ4v) is 3.83. The maximum atomic E-state index is 13.6. The first kappa shape index (κ1) is 17.4. The van der Waals surface area contributed by atoms with Crippen molar-refractivity contribution in [3.8, 4) is 0 Å². The normalized spacial score (nSPS) is 22.6. The van der Waals surface area contributed by atoms with Crippen LogP contribution in [0.3, 0.4) is 0 Å². The Balaban J connectivity index is 1.45. The van der Waals surface area contributed by atoms with E-state index >= 15 is 0 Å². The number of hydrogen-bond donors (Lipinski definition) is 1. The van der Waals surface area contributed by atoms with Gasteiger partial charge in [-0.05, 0) is 51.4 Å². The van der Waals surface area contributed by atoms with Crippen LogP contribution in [-0.2, 0) is 11.3 Å². The molecule has 4 nitrogen and oxygen atoms in total. The molecular formula is C19H28FN3O. The summed E-state index contributed by atoms with van der Waals surface area (Å²) in [6.07, 6.45) is 6.30. The molecule has 1 N–H and O–H groups in total. The average Bonchev–Trinajstić information content (AvgIpc) is 3.02. The Hall–Kier alpha value is -1.46. The number of carbonyl (C=O) groups is 1. The van der Waals surface area contributed by atoms with Gasteiger partial charge in [0.25, 0.3) is 0 Å². The smallest absolute Gasteiger partial charge is 0.234 e. The van der Waals surface area contributed by atoms with Crippen LogP contribution in [0.1, 0.15) is 37.7 Å². The third kappa shape index (κ3) is 4.77. The molecule has 132 valence electrons. The maximum absolute atomic E-state index is 13.6. The zero-order valence-electron chi connectivity index (χ0n) is 14.3. The van der Waals surface area contributed by atoms with Gasteiger partial charge in [0.05, 0.1) is 6.54 Å². The van der Waals surface area contributed by atoms with Gasteiger partial charge in [-0.2, -0.15) is 0 Å². The molecule has 5 heteroatoms. The van der Waals surface area contributed by atoms with Gasteiger partial charge in [-0.15, -0.1) is 0 Å². The Bertz CT molecular complexity index is 545. The quantitative estimate of drug-likeness (QED) is 0.868.